The summed E-state index contributed by atoms with van der Waals surface area (Å²) in [4.78, 5) is 20.6. The molecule has 11 rings (SSSR count). The number of hydrogen-bond donors (Lipinski definition) is 0. The average molecular weight is 714 g/mol. The molecule has 0 N–H and O–H groups in total. The van der Waals surface area contributed by atoms with Crippen LogP contribution in [-0.4, -0.2) is 24.5 Å². The summed E-state index contributed by atoms with van der Waals surface area (Å²) in [7, 11) is 0. The number of fused-ring (bicyclic) bond motifs is 7. The van der Waals surface area contributed by atoms with Gasteiger partial charge in [0.15, 0.2) is 17.5 Å². The highest BCUT2D eigenvalue weighted by atomic mass is 32.1. The Kier molecular flexibility index (Phi) is 6.83. The zero-order valence-corrected chi connectivity index (χ0v) is 29.8. The Hall–Kier alpha value is -6.54. The summed E-state index contributed by atoms with van der Waals surface area (Å²) in [6.07, 6.45) is 0. The third-order valence-corrected chi connectivity index (χ3v) is 12.2. The Balaban J connectivity index is 1.14. The largest absolute Gasteiger partial charge is 0.309 e. The molecule has 7 heteroatoms. The number of para-hydroxylation sites is 3. The lowest BCUT2D eigenvalue weighted by Gasteiger charge is -2.11. The van der Waals surface area contributed by atoms with Crippen molar-refractivity contribution in [2.45, 2.75) is 0 Å². The number of nitrogens with zero attached hydrogens (tertiary/aromatic N) is 5. The predicted molar refractivity (Wildman–Crippen MR) is 222 cm³/mol. The van der Waals surface area contributed by atoms with Crippen LogP contribution in [0.5, 0.6) is 0 Å². The maximum Gasteiger partial charge on any atom is 0.164 e. The van der Waals surface area contributed by atoms with Crippen LogP contribution in [0.15, 0.2) is 164 Å². The van der Waals surface area contributed by atoms with Crippen molar-refractivity contribution >= 4 is 74.9 Å². The number of benzene rings is 7. The molecule has 5 nitrogen and oxygen atoms in total. The quantitative estimate of drug-likeness (QED) is 0.178. The molecule has 0 spiro atoms. The summed E-state index contributed by atoms with van der Waals surface area (Å²) in [6, 6.07) is 57.2. The van der Waals surface area contributed by atoms with Crippen LogP contribution in [0.3, 0.4) is 0 Å². The van der Waals surface area contributed by atoms with Crippen molar-refractivity contribution in [3.63, 3.8) is 0 Å². The third kappa shape index (κ3) is 4.89. The average Bonchev–Trinajstić information content (AvgIpc) is 3.93. The minimum Gasteiger partial charge on any atom is -0.309 e. The van der Waals surface area contributed by atoms with Crippen LogP contribution < -0.4 is 0 Å². The molecule has 7 aromatic carbocycles. The Bertz CT molecular complexity index is 3150. The zero-order valence-electron chi connectivity index (χ0n) is 28.1. The summed E-state index contributed by atoms with van der Waals surface area (Å²) in [5.41, 5.74) is 8.41. The van der Waals surface area contributed by atoms with Gasteiger partial charge in [0.1, 0.15) is 5.01 Å². The van der Waals surface area contributed by atoms with E-state index in [1.807, 2.05) is 24.3 Å². The van der Waals surface area contributed by atoms with E-state index >= 15 is 0 Å². The van der Waals surface area contributed by atoms with Gasteiger partial charge in [0.2, 0.25) is 0 Å². The van der Waals surface area contributed by atoms with E-state index in [0.29, 0.717) is 17.5 Å². The van der Waals surface area contributed by atoms with Crippen molar-refractivity contribution in [2.75, 3.05) is 0 Å². The van der Waals surface area contributed by atoms with Crippen LogP contribution >= 0.6 is 22.7 Å². The van der Waals surface area contributed by atoms with Crippen LogP contribution in [0.1, 0.15) is 0 Å². The van der Waals surface area contributed by atoms with Gasteiger partial charge in [0.25, 0.3) is 0 Å². The summed E-state index contributed by atoms with van der Waals surface area (Å²) in [5.74, 6) is 1.92. The van der Waals surface area contributed by atoms with Crippen molar-refractivity contribution in [3.05, 3.63) is 164 Å². The first-order valence-corrected chi connectivity index (χ1v) is 19.1. The van der Waals surface area contributed by atoms with Gasteiger partial charge in [-0.3, -0.25) is 0 Å². The maximum absolute atomic E-state index is 5.27. The van der Waals surface area contributed by atoms with Crippen LogP contribution in [0.4, 0.5) is 0 Å². The number of thiazole rings is 1. The molecule has 4 heterocycles. The predicted octanol–water partition coefficient (Wildman–Crippen LogP) is 12.6. The van der Waals surface area contributed by atoms with Crippen LogP contribution in [0.25, 0.3) is 103 Å². The lowest BCUT2D eigenvalue weighted by molar-refractivity contribution is 1.08. The van der Waals surface area contributed by atoms with Gasteiger partial charge in [-0.1, -0.05) is 121 Å². The van der Waals surface area contributed by atoms with Crippen LogP contribution in [0, 0.1) is 0 Å². The van der Waals surface area contributed by atoms with E-state index in [1.54, 1.807) is 22.7 Å². The van der Waals surface area contributed by atoms with Gasteiger partial charge in [-0.15, -0.1) is 22.7 Å². The lowest BCUT2D eigenvalue weighted by Crippen LogP contribution is -2.00. The Labute approximate surface area is 312 Å². The fraction of sp³-hybridized carbons (Fsp3) is 0. The molecule has 0 atom stereocenters. The highest BCUT2D eigenvalue weighted by Gasteiger charge is 2.20. The van der Waals surface area contributed by atoms with Gasteiger partial charge >= 0.3 is 0 Å². The second kappa shape index (κ2) is 12.0. The number of aromatic nitrogens is 5. The molecule has 0 saturated carbocycles. The standard InChI is InChI=1S/C46H27N5S2/c1-3-13-28(14-4-1)43-48-44(29-25-26-32-31-17-7-9-22-37(31)51(38(32)27-29)30-15-5-2-6-16-30)50-45(49-43)34-19-12-24-40-41(34)33-18-11-20-35(42(33)52-40)46-47-36-21-8-10-23-39(36)53-46/h1-27H. The lowest BCUT2D eigenvalue weighted by atomic mass is 10.0. The zero-order chi connectivity index (χ0) is 34.9. The first-order chi connectivity index (χ1) is 26.3. The normalized spacial score (nSPS) is 11.8. The minimum absolute atomic E-state index is 0.632. The molecule has 4 aromatic heterocycles. The third-order valence-electron chi connectivity index (χ3n) is 9.90. The number of thiophene rings is 1. The van der Waals surface area contributed by atoms with E-state index < -0.39 is 0 Å². The monoisotopic (exact) mass is 713 g/mol. The highest BCUT2D eigenvalue weighted by molar-refractivity contribution is 7.27. The summed E-state index contributed by atoms with van der Waals surface area (Å²) >= 11 is 3.54. The first kappa shape index (κ1) is 30.1. The molecule has 11 aromatic rings. The van der Waals surface area contributed by atoms with Crippen molar-refractivity contribution < 1.29 is 0 Å². The number of hydrogen-bond acceptors (Lipinski definition) is 6. The van der Waals surface area contributed by atoms with Gasteiger partial charge < -0.3 is 4.57 Å². The van der Waals surface area contributed by atoms with Gasteiger partial charge in [-0.05, 0) is 42.5 Å². The topological polar surface area (TPSA) is 56.5 Å². The van der Waals surface area contributed by atoms with E-state index in [0.717, 1.165) is 54.9 Å². The number of rotatable bonds is 5. The molecular formula is C46H27N5S2. The second-order valence-electron chi connectivity index (χ2n) is 13.0. The van der Waals surface area contributed by atoms with Gasteiger partial charge in [-0.2, -0.15) is 0 Å². The molecule has 0 unspecified atom stereocenters. The van der Waals surface area contributed by atoms with Gasteiger partial charge in [0, 0.05) is 58.9 Å². The Morgan fingerprint density at radius 2 is 1.08 bits per heavy atom. The molecule has 0 fully saturated rings. The molecular weight excluding hydrogens is 687 g/mol. The summed E-state index contributed by atoms with van der Waals surface area (Å²) in [5, 5.41) is 5.74. The van der Waals surface area contributed by atoms with Gasteiger partial charge in [-0.25, -0.2) is 19.9 Å². The van der Waals surface area contributed by atoms with Crippen LogP contribution in [0.2, 0.25) is 0 Å². The van der Waals surface area contributed by atoms with E-state index in [1.165, 1.54) is 30.3 Å². The molecule has 248 valence electrons. The second-order valence-corrected chi connectivity index (χ2v) is 15.1. The summed E-state index contributed by atoms with van der Waals surface area (Å²) < 4.78 is 5.92. The Morgan fingerprint density at radius 3 is 1.94 bits per heavy atom. The van der Waals surface area contributed by atoms with Crippen molar-refractivity contribution in [3.8, 4) is 50.4 Å². The molecule has 53 heavy (non-hydrogen) atoms. The Morgan fingerprint density at radius 1 is 0.415 bits per heavy atom. The fourth-order valence-corrected chi connectivity index (χ4v) is 9.80. The SMILES string of the molecule is c1ccc(-c2nc(-c3ccc4c5ccccc5n(-c5ccccc5)c4c3)nc(-c3cccc4sc5c(-c6nc7ccccc7s6)cccc5c34)n2)cc1. The molecule has 0 radical (unpaired) electrons. The molecule has 0 amide bonds. The molecule has 0 saturated heterocycles. The molecule has 0 aliphatic heterocycles. The smallest absolute Gasteiger partial charge is 0.164 e. The van der Waals surface area contributed by atoms with Crippen molar-refractivity contribution in [1.29, 1.82) is 0 Å². The first-order valence-electron chi connectivity index (χ1n) is 17.5. The highest BCUT2D eigenvalue weighted by Crippen LogP contribution is 2.45. The molecule has 0 aliphatic carbocycles. The van der Waals surface area contributed by atoms with Gasteiger partial charge in [0.05, 0.1) is 21.3 Å². The summed E-state index contributed by atoms with van der Waals surface area (Å²) in [6.45, 7) is 0. The fourth-order valence-electron chi connectivity index (χ4n) is 7.50. The molecule has 0 bridgehead atoms. The molecule has 0 aliphatic rings. The van der Waals surface area contributed by atoms with Crippen LogP contribution in [-0.2, 0) is 0 Å². The van der Waals surface area contributed by atoms with E-state index in [-0.39, 0.29) is 0 Å². The van der Waals surface area contributed by atoms with Crippen molar-refractivity contribution in [2.24, 2.45) is 0 Å². The van der Waals surface area contributed by atoms with Crippen molar-refractivity contribution in [1.82, 2.24) is 24.5 Å². The maximum atomic E-state index is 5.27. The minimum atomic E-state index is 0.632. The van der Waals surface area contributed by atoms with E-state index in [2.05, 4.69) is 144 Å². The van der Waals surface area contributed by atoms with E-state index in [9.17, 15) is 0 Å². The van der Waals surface area contributed by atoms with E-state index in [4.69, 9.17) is 19.9 Å².